The zero-order valence-electron chi connectivity index (χ0n) is 14.5. The Labute approximate surface area is 150 Å². The van der Waals surface area contributed by atoms with Crippen LogP contribution in [0.2, 0.25) is 0 Å². The maximum absolute atomic E-state index is 13.5. The van der Waals surface area contributed by atoms with Crippen molar-refractivity contribution >= 4 is 22.4 Å². The molecule has 2 rings (SSSR count). The number of halogens is 1. The Morgan fingerprint density at radius 2 is 2.20 bits per heavy atom. The van der Waals surface area contributed by atoms with Gasteiger partial charge in [0.15, 0.2) is 5.13 Å². The molecule has 1 heterocycles. The quantitative estimate of drug-likeness (QED) is 0.691. The molecule has 1 amide bonds. The summed E-state index contributed by atoms with van der Waals surface area (Å²) in [6.45, 7) is 1.70. The van der Waals surface area contributed by atoms with Gasteiger partial charge in [-0.2, -0.15) is 0 Å². The largest absolute Gasteiger partial charge is 0.496 e. The monoisotopic (exact) mass is 367 g/mol. The molecule has 0 fully saturated rings. The van der Waals surface area contributed by atoms with E-state index < -0.39 is 0 Å². The number of methoxy groups -OCH3 is 2. The molecular formula is C17H22FN3O3S. The summed E-state index contributed by atoms with van der Waals surface area (Å²) in [5.41, 5.74) is 1.11. The van der Waals surface area contributed by atoms with E-state index in [1.54, 1.807) is 18.6 Å². The Bertz CT molecular complexity index is 708. The van der Waals surface area contributed by atoms with Crippen LogP contribution < -0.4 is 10.1 Å². The first-order valence-corrected chi connectivity index (χ1v) is 8.68. The summed E-state index contributed by atoms with van der Waals surface area (Å²) in [5, 5.41) is 4.99. The molecule has 6 nitrogen and oxygen atoms in total. The van der Waals surface area contributed by atoms with Gasteiger partial charge in [0.05, 0.1) is 19.3 Å². The number of nitrogens with one attached hydrogen (secondary N) is 1. The molecule has 0 aliphatic carbocycles. The lowest BCUT2D eigenvalue weighted by molar-refractivity contribution is -0.117. The van der Waals surface area contributed by atoms with Crippen molar-refractivity contribution < 1.29 is 18.7 Å². The second-order valence-corrected chi connectivity index (χ2v) is 6.37. The van der Waals surface area contributed by atoms with Crippen LogP contribution in [0, 0.1) is 5.82 Å². The Kier molecular flexibility index (Phi) is 7.30. The molecule has 0 bridgehead atoms. The molecule has 8 heteroatoms. The molecular weight excluding hydrogens is 345 g/mol. The SMILES string of the molecule is COCCCN(C)CC(=O)Nc1nc(-c2cc(F)ccc2OC)cs1. The number of benzene rings is 1. The van der Waals surface area contributed by atoms with Gasteiger partial charge in [0.25, 0.3) is 0 Å². The van der Waals surface area contributed by atoms with Gasteiger partial charge in [-0.15, -0.1) is 11.3 Å². The molecule has 2 aromatic rings. The first-order valence-electron chi connectivity index (χ1n) is 7.80. The van der Waals surface area contributed by atoms with Crippen LogP contribution in [0.3, 0.4) is 0 Å². The van der Waals surface area contributed by atoms with Crippen LogP contribution in [-0.2, 0) is 9.53 Å². The first kappa shape index (κ1) is 19.3. The number of amides is 1. The van der Waals surface area contributed by atoms with Gasteiger partial charge >= 0.3 is 0 Å². The number of likely N-dealkylation sites (N-methyl/N-ethyl adjacent to an activating group) is 1. The van der Waals surface area contributed by atoms with Crippen molar-refractivity contribution in [1.82, 2.24) is 9.88 Å². The Hall–Kier alpha value is -2.03. The maximum atomic E-state index is 13.5. The highest BCUT2D eigenvalue weighted by Crippen LogP contribution is 2.32. The van der Waals surface area contributed by atoms with Gasteiger partial charge in [-0.3, -0.25) is 9.69 Å². The van der Waals surface area contributed by atoms with E-state index in [2.05, 4.69) is 10.3 Å². The van der Waals surface area contributed by atoms with Gasteiger partial charge in [0.1, 0.15) is 11.6 Å². The number of carbonyl (C=O) groups excluding carboxylic acids is 1. The van der Waals surface area contributed by atoms with E-state index in [9.17, 15) is 9.18 Å². The third-order valence-electron chi connectivity index (χ3n) is 3.49. The van der Waals surface area contributed by atoms with Gasteiger partial charge in [-0.25, -0.2) is 9.37 Å². The van der Waals surface area contributed by atoms with Crippen molar-refractivity contribution in [1.29, 1.82) is 0 Å². The fourth-order valence-electron chi connectivity index (χ4n) is 2.30. The molecule has 0 aliphatic rings. The summed E-state index contributed by atoms with van der Waals surface area (Å²) in [7, 11) is 5.05. The van der Waals surface area contributed by atoms with E-state index in [0.717, 1.165) is 13.0 Å². The maximum Gasteiger partial charge on any atom is 0.240 e. The van der Waals surface area contributed by atoms with E-state index in [0.29, 0.717) is 28.7 Å². The lowest BCUT2D eigenvalue weighted by Crippen LogP contribution is -2.31. The van der Waals surface area contributed by atoms with Crippen molar-refractivity contribution in [3.05, 3.63) is 29.4 Å². The van der Waals surface area contributed by atoms with Crippen molar-refractivity contribution in [2.75, 3.05) is 46.3 Å². The van der Waals surface area contributed by atoms with E-state index in [-0.39, 0.29) is 18.3 Å². The molecule has 0 atom stereocenters. The number of hydrogen-bond donors (Lipinski definition) is 1. The van der Waals surface area contributed by atoms with E-state index in [1.165, 1.54) is 30.6 Å². The average molecular weight is 367 g/mol. The number of anilines is 1. The minimum absolute atomic E-state index is 0.146. The molecule has 0 spiro atoms. The lowest BCUT2D eigenvalue weighted by atomic mass is 10.1. The Balaban J connectivity index is 1.97. The molecule has 1 N–H and O–H groups in total. The number of aromatic nitrogens is 1. The van der Waals surface area contributed by atoms with Crippen LogP contribution in [0.4, 0.5) is 9.52 Å². The molecule has 1 aromatic carbocycles. The average Bonchev–Trinajstić information content (AvgIpc) is 3.03. The van der Waals surface area contributed by atoms with E-state index in [1.807, 2.05) is 11.9 Å². The van der Waals surface area contributed by atoms with Gasteiger partial charge in [0.2, 0.25) is 5.91 Å². The topological polar surface area (TPSA) is 63.7 Å². The summed E-state index contributed by atoms with van der Waals surface area (Å²) in [5.74, 6) is 0.0153. The molecule has 136 valence electrons. The molecule has 1 aromatic heterocycles. The number of hydrogen-bond acceptors (Lipinski definition) is 6. The van der Waals surface area contributed by atoms with Crippen LogP contribution in [0.1, 0.15) is 6.42 Å². The summed E-state index contributed by atoms with van der Waals surface area (Å²) in [6, 6.07) is 4.25. The fraction of sp³-hybridized carbons (Fsp3) is 0.412. The number of rotatable bonds is 9. The van der Waals surface area contributed by atoms with Crippen LogP contribution in [-0.4, -0.2) is 56.8 Å². The minimum Gasteiger partial charge on any atom is -0.496 e. The normalized spacial score (nSPS) is 10.9. The van der Waals surface area contributed by atoms with Crippen LogP contribution in [0.15, 0.2) is 23.6 Å². The van der Waals surface area contributed by atoms with Crippen LogP contribution in [0.25, 0.3) is 11.3 Å². The third-order valence-corrected chi connectivity index (χ3v) is 4.25. The Morgan fingerprint density at radius 1 is 1.40 bits per heavy atom. The van der Waals surface area contributed by atoms with E-state index >= 15 is 0 Å². The van der Waals surface area contributed by atoms with Gasteiger partial charge in [-0.05, 0) is 31.7 Å². The predicted octanol–water partition coefficient (Wildman–Crippen LogP) is 2.86. The zero-order valence-corrected chi connectivity index (χ0v) is 15.4. The molecule has 0 saturated carbocycles. The molecule has 25 heavy (non-hydrogen) atoms. The summed E-state index contributed by atoms with van der Waals surface area (Å²) >= 11 is 1.29. The second kappa shape index (κ2) is 9.45. The van der Waals surface area contributed by atoms with Crippen molar-refractivity contribution in [3.63, 3.8) is 0 Å². The summed E-state index contributed by atoms with van der Waals surface area (Å²) in [6.07, 6.45) is 0.862. The van der Waals surface area contributed by atoms with Gasteiger partial charge < -0.3 is 14.8 Å². The molecule has 0 unspecified atom stereocenters. The summed E-state index contributed by atoms with van der Waals surface area (Å²) in [4.78, 5) is 18.3. The highest BCUT2D eigenvalue weighted by molar-refractivity contribution is 7.14. The van der Waals surface area contributed by atoms with Crippen molar-refractivity contribution in [3.8, 4) is 17.0 Å². The zero-order chi connectivity index (χ0) is 18.2. The van der Waals surface area contributed by atoms with Gasteiger partial charge in [-0.1, -0.05) is 0 Å². The van der Waals surface area contributed by atoms with Crippen LogP contribution >= 0.6 is 11.3 Å². The first-order chi connectivity index (χ1) is 12.0. The number of carbonyl (C=O) groups is 1. The van der Waals surface area contributed by atoms with Crippen molar-refractivity contribution in [2.24, 2.45) is 0 Å². The number of ether oxygens (including phenoxy) is 2. The third kappa shape index (κ3) is 5.77. The number of thiazole rings is 1. The molecule has 0 saturated heterocycles. The molecule has 0 aliphatic heterocycles. The van der Waals surface area contributed by atoms with Gasteiger partial charge in [0, 0.05) is 31.2 Å². The standard InChI is InChI=1S/C17H22FN3O3S/c1-21(7-4-8-23-2)10-16(22)20-17-19-14(11-25-17)13-9-12(18)5-6-15(13)24-3/h5-6,9,11H,4,7-8,10H2,1-3H3,(H,19,20,22). The number of nitrogens with zero attached hydrogens (tertiary/aromatic N) is 2. The highest BCUT2D eigenvalue weighted by Gasteiger charge is 2.13. The Morgan fingerprint density at radius 3 is 2.92 bits per heavy atom. The highest BCUT2D eigenvalue weighted by atomic mass is 32.1. The van der Waals surface area contributed by atoms with Crippen LogP contribution in [0.5, 0.6) is 5.75 Å². The fourth-order valence-corrected chi connectivity index (χ4v) is 3.02. The van der Waals surface area contributed by atoms with Crippen molar-refractivity contribution in [2.45, 2.75) is 6.42 Å². The smallest absolute Gasteiger partial charge is 0.240 e. The predicted molar refractivity (Wildman–Crippen MR) is 96.7 cm³/mol. The summed E-state index contributed by atoms with van der Waals surface area (Å²) < 4.78 is 23.7. The second-order valence-electron chi connectivity index (χ2n) is 5.51. The molecule has 0 radical (unpaired) electrons. The lowest BCUT2D eigenvalue weighted by Gasteiger charge is -2.15. The van der Waals surface area contributed by atoms with E-state index in [4.69, 9.17) is 9.47 Å². The minimum atomic E-state index is -0.368.